The zero-order chi connectivity index (χ0) is 16.9. The Balaban J connectivity index is 1.76. The van der Waals surface area contributed by atoms with Crippen LogP contribution in [-0.4, -0.2) is 19.6 Å². The lowest BCUT2D eigenvalue weighted by Gasteiger charge is -2.17. The van der Waals surface area contributed by atoms with Gasteiger partial charge in [0.2, 0.25) is 0 Å². The fraction of sp³-hybridized carbons (Fsp3) is 0.267. The highest BCUT2D eigenvalue weighted by atomic mass is 19.4. The molecular formula is C15H11F4N5. The highest BCUT2D eigenvalue weighted by Gasteiger charge is 2.34. The number of rotatable bonds is 2. The number of alkyl halides is 3. The summed E-state index contributed by atoms with van der Waals surface area (Å²) in [5.74, 6) is -0.407. The van der Waals surface area contributed by atoms with Crippen LogP contribution in [0.3, 0.4) is 0 Å². The van der Waals surface area contributed by atoms with Gasteiger partial charge in [-0.15, -0.1) is 0 Å². The first-order valence-corrected chi connectivity index (χ1v) is 7.24. The third-order valence-corrected chi connectivity index (χ3v) is 4.05. The molecule has 1 N–H and O–H groups in total. The third-order valence-electron chi connectivity index (χ3n) is 4.05. The van der Waals surface area contributed by atoms with Gasteiger partial charge in [0, 0.05) is 6.07 Å². The molecule has 0 bridgehead atoms. The molecule has 2 heterocycles. The van der Waals surface area contributed by atoms with E-state index in [0.717, 1.165) is 29.9 Å². The molecule has 4 rings (SSSR count). The summed E-state index contributed by atoms with van der Waals surface area (Å²) in [5, 5.41) is 6.92. The molecule has 0 radical (unpaired) electrons. The lowest BCUT2D eigenvalue weighted by Crippen LogP contribution is -2.15. The minimum absolute atomic E-state index is 0.118. The number of halogens is 4. The van der Waals surface area contributed by atoms with Gasteiger partial charge in [0.15, 0.2) is 5.69 Å². The number of fused-ring (bicyclic) bond motifs is 2. The van der Waals surface area contributed by atoms with Crippen LogP contribution < -0.4 is 5.32 Å². The summed E-state index contributed by atoms with van der Waals surface area (Å²) < 4.78 is 53.7. The summed E-state index contributed by atoms with van der Waals surface area (Å²) in [7, 11) is 0. The van der Waals surface area contributed by atoms with E-state index in [9.17, 15) is 17.6 Å². The quantitative estimate of drug-likeness (QED) is 0.729. The Morgan fingerprint density at radius 2 is 2.04 bits per heavy atom. The molecule has 9 heteroatoms. The summed E-state index contributed by atoms with van der Waals surface area (Å²) in [6, 6.07) is 5.08. The molecule has 0 fully saturated rings. The van der Waals surface area contributed by atoms with Crippen molar-refractivity contribution in [2.45, 2.75) is 25.1 Å². The molecule has 24 heavy (non-hydrogen) atoms. The lowest BCUT2D eigenvalue weighted by atomic mass is 10.1. The molecule has 0 aliphatic heterocycles. The second kappa shape index (κ2) is 5.15. The van der Waals surface area contributed by atoms with Gasteiger partial charge in [0.05, 0.1) is 6.04 Å². The van der Waals surface area contributed by atoms with Crippen LogP contribution in [0.2, 0.25) is 0 Å². The standard InChI is InChI=1S/C15H11F4N5/c16-9-3-1-8-2-4-11(10(8)5-9)22-13-6-12(15(17,18)19)23-14-20-7-21-24(13)14/h1,3,5-7,11,22H,2,4H2. The maximum Gasteiger partial charge on any atom is 0.433 e. The average molecular weight is 337 g/mol. The highest BCUT2D eigenvalue weighted by molar-refractivity contribution is 5.49. The number of hydrogen-bond acceptors (Lipinski definition) is 4. The van der Waals surface area contributed by atoms with Gasteiger partial charge in [-0.1, -0.05) is 6.07 Å². The number of benzene rings is 1. The van der Waals surface area contributed by atoms with Crippen LogP contribution in [0.15, 0.2) is 30.6 Å². The van der Waals surface area contributed by atoms with Gasteiger partial charge in [-0.05, 0) is 36.1 Å². The van der Waals surface area contributed by atoms with Crippen LogP contribution >= 0.6 is 0 Å². The first kappa shape index (κ1) is 14.9. The number of anilines is 1. The van der Waals surface area contributed by atoms with E-state index in [1.807, 2.05) is 0 Å². The fourth-order valence-electron chi connectivity index (χ4n) is 2.96. The van der Waals surface area contributed by atoms with Gasteiger partial charge in [0.25, 0.3) is 5.78 Å². The fourth-order valence-corrected chi connectivity index (χ4v) is 2.96. The summed E-state index contributed by atoms with van der Waals surface area (Å²) in [5.41, 5.74) is 0.672. The minimum atomic E-state index is -4.59. The zero-order valence-corrected chi connectivity index (χ0v) is 12.2. The monoisotopic (exact) mass is 337 g/mol. The Morgan fingerprint density at radius 1 is 1.21 bits per heavy atom. The highest BCUT2D eigenvalue weighted by Crippen LogP contribution is 2.35. The Labute approximate surface area is 133 Å². The predicted molar refractivity (Wildman–Crippen MR) is 76.9 cm³/mol. The SMILES string of the molecule is Fc1ccc2c(c1)C(Nc1cc(C(F)(F)F)nc3ncnn13)CC2. The van der Waals surface area contributed by atoms with Crippen molar-refractivity contribution >= 4 is 11.6 Å². The first-order chi connectivity index (χ1) is 11.4. The number of aromatic nitrogens is 4. The number of nitrogens with zero attached hydrogens (tertiary/aromatic N) is 4. The van der Waals surface area contributed by atoms with E-state index in [0.29, 0.717) is 6.42 Å². The second-order valence-corrected chi connectivity index (χ2v) is 5.57. The molecular weight excluding hydrogens is 326 g/mol. The van der Waals surface area contributed by atoms with Crippen LogP contribution in [-0.2, 0) is 12.6 Å². The molecule has 0 saturated carbocycles. The zero-order valence-electron chi connectivity index (χ0n) is 12.2. The summed E-state index contributed by atoms with van der Waals surface area (Å²) in [6.07, 6.45) is -2.08. The molecule has 1 unspecified atom stereocenters. The number of hydrogen-bond donors (Lipinski definition) is 1. The predicted octanol–water partition coefficient (Wildman–Crippen LogP) is 3.38. The van der Waals surface area contributed by atoms with Gasteiger partial charge in [-0.25, -0.2) is 9.37 Å². The Morgan fingerprint density at radius 3 is 2.83 bits per heavy atom. The topological polar surface area (TPSA) is 55.1 Å². The van der Waals surface area contributed by atoms with Crippen molar-refractivity contribution < 1.29 is 17.6 Å². The molecule has 1 aliphatic carbocycles. The van der Waals surface area contributed by atoms with Gasteiger partial charge >= 0.3 is 6.18 Å². The normalized spacial score (nSPS) is 17.2. The van der Waals surface area contributed by atoms with Gasteiger partial charge in [0.1, 0.15) is 18.0 Å². The Bertz CT molecular complexity index is 918. The molecule has 1 atom stereocenters. The first-order valence-electron chi connectivity index (χ1n) is 7.24. The van der Waals surface area contributed by atoms with Crippen LogP contribution in [0.5, 0.6) is 0 Å². The summed E-state index contributed by atoms with van der Waals surface area (Å²) in [4.78, 5) is 7.19. The number of aryl methyl sites for hydroxylation is 1. The number of nitrogens with one attached hydrogen (secondary N) is 1. The van der Waals surface area contributed by atoms with Gasteiger partial charge in [-0.2, -0.15) is 27.8 Å². The van der Waals surface area contributed by atoms with Crippen LogP contribution in [0.25, 0.3) is 5.78 Å². The molecule has 0 saturated heterocycles. The van der Waals surface area contributed by atoms with Crippen molar-refractivity contribution in [1.29, 1.82) is 0 Å². The molecule has 1 aliphatic rings. The minimum Gasteiger partial charge on any atom is -0.363 e. The van der Waals surface area contributed by atoms with Crippen molar-refractivity contribution in [2.75, 3.05) is 5.32 Å². The molecule has 2 aromatic heterocycles. The summed E-state index contributed by atoms with van der Waals surface area (Å²) >= 11 is 0. The van der Waals surface area contributed by atoms with E-state index in [1.165, 1.54) is 16.6 Å². The maximum absolute atomic E-state index is 13.5. The lowest BCUT2D eigenvalue weighted by molar-refractivity contribution is -0.141. The smallest absolute Gasteiger partial charge is 0.363 e. The van der Waals surface area contributed by atoms with Crippen LogP contribution in [0, 0.1) is 5.82 Å². The Hall–Kier alpha value is -2.71. The molecule has 3 aromatic rings. The van der Waals surface area contributed by atoms with E-state index in [-0.39, 0.29) is 23.5 Å². The van der Waals surface area contributed by atoms with E-state index in [2.05, 4.69) is 20.4 Å². The van der Waals surface area contributed by atoms with E-state index in [1.54, 1.807) is 6.07 Å². The maximum atomic E-state index is 13.5. The van der Waals surface area contributed by atoms with Crippen molar-refractivity contribution in [3.63, 3.8) is 0 Å². The third kappa shape index (κ3) is 2.45. The Kier molecular flexibility index (Phi) is 3.19. The van der Waals surface area contributed by atoms with Crippen molar-refractivity contribution in [3.05, 3.63) is 53.2 Å². The summed E-state index contributed by atoms with van der Waals surface area (Å²) in [6.45, 7) is 0. The second-order valence-electron chi connectivity index (χ2n) is 5.57. The molecule has 5 nitrogen and oxygen atoms in total. The van der Waals surface area contributed by atoms with E-state index < -0.39 is 11.9 Å². The van der Waals surface area contributed by atoms with Crippen LogP contribution in [0.4, 0.5) is 23.4 Å². The van der Waals surface area contributed by atoms with Crippen molar-refractivity contribution in [1.82, 2.24) is 19.6 Å². The molecule has 1 aromatic carbocycles. The van der Waals surface area contributed by atoms with E-state index in [4.69, 9.17) is 0 Å². The van der Waals surface area contributed by atoms with Gasteiger partial charge < -0.3 is 5.32 Å². The average Bonchev–Trinajstić information content (AvgIpc) is 3.13. The van der Waals surface area contributed by atoms with Crippen molar-refractivity contribution in [2.24, 2.45) is 0 Å². The van der Waals surface area contributed by atoms with Crippen molar-refractivity contribution in [3.8, 4) is 0 Å². The largest absolute Gasteiger partial charge is 0.433 e. The molecule has 0 amide bonds. The van der Waals surface area contributed by atoms with E-state index >= 15 is 0 Å². The molecule has 124 valence electrons. The molecule has 0 spiro atoms. The van der Waals surface area contributed by atoms with Gasteiger partial charge in [-0.3, -0.25) is 0 Å². The van der Waals surface area contributed by atoms with Crippen LogP contribution in [0.1, 0.15) is 29.3 Å².